The maximum Gasteiger partial charge on any atom is 0.228 e. The lowest BCUT2D eigenvalue weighted by Crippen LogP contribution is -2.37. The molecule has 1 aliphatic carbocycles. The number of amides is 1. The number of fused-ring (bicyclic) bond motifs is 5. The average Bonchev–Trinajstić information content (AvgIpc) is 2.57. The van der Waals surface area contributed by atoms with Crippen molar-refractivity contribution in [2.24, 2.45) is 5.92 Å². The van der Waals surface area contributed by atoms with E-state index >= 15 is 0 Å². The van der Waals surface area contributed by atoms with Gasteiger partial charge in [-0.2, -0.15) is 0 Å². The number of carbonyl (C=O) groups is 1. The second-order valence-corrected chi connectivity index (χ2v) is 3.42. The molecule has 4 atom stereocenters. The summed E-state index contributed by atoms with van der Waals surface area (Å²) in [4.78, 5) is 13.1. The van der Waals surface area contributed by atoms with E-state index < -0.39 is 0 Å². The van der Waals surface area contributed by atoms with E-state index in [0.29, 0.717) is 24.2 Å². The number of epoxide rings is 1. The summed E-state index contributed by atoms with van der Waals surface area (Å²) >= 11 is 0. The van der Waals surface area contributed by atoms with Gasteiger partial charge in [0.2, 0.25) is 5.91 Å². The van der Waals surface area contributed by atoms with E-state index in [0.717, 1.165) is 6.42 Å². The van der Waals surface area contributed by atoms with Crippen LogP contribution >= 0.6 is 0 Å². The first-order valence-corrected chi connectivity index (χ1v) is 3.71. The van der Waals surface area contributed by atoms with Crippen molar-refractivity contribution < 1.29 is 9.53 Å². The SMILES string of the molecule is CN1C(=O)[C@H]2C[C@@H]1C1OC12. The Bertz CT molecular complexity index is 216. The van der Waals surface area contributed by atoms with Gasteiger partial charge in [0, 0.05) is 7.05 Å². The van der Waals surface area contributed by atoms with Crippen molar-refractivity contribution in [3.05, 3.63) is 0 Å². The lowest BCUT2D eigenvalue weighted by molar-refractivity contribution is -0.131. The van der Waals surface area contributed by atoms with Crippen LogP contribution in [-0.4, -0.2) is 36.1 Å². The highest BCUT2D eigenvalue weighted by Gasteiger charge is 2.65. The molecule has 0 aromatic carbocycles. The minimum atomic E-state index is 0.222. The highest BCUT2D eigenvalue weighted by molar-refractivity contribution is 5.84. The first-order chi connectivity index (χ1) is 4.79. The van der Waals surface area contributed by atoms with Crippen molar-refractivity contribution in [1.82, 2.24) is 4.90 Å². The third-order valence-corrected chi connectivity index (χ3v) is 2.99. The molecule has 3 rings (SSSR count). The molecule has 0 radical (unpaired) electrons. The van der Waals surface area contributed by atoms with Crippen LogP contribution in [0.15, 0.2) is 0 Å². The summed E-state index contributed by atoms with van der Waals surface area (Å²) in [5.41, 5.74) is 0. The number of rotatable bonds is 0. The van der Waals surface area contributed by atoms with E-state index in [1.54, 1.807) is 0 Å². The van der Waals surface area contributed by atoms with Crippen LogP contribution in [0.25, 0.3) is 0 Å². The molecule has 2 heterocycles. The second-order valence-electron chi connectivity index (χ2n) is 3.42. The molecule has 1 saturated carbocycles. The monoisotopic (exact) mass is 139 g/mol. The van der Waals surface area contributed by atoms with Crippen LogP contribution in [0.3, 0.4) is 0 Å². The van der Waals surface area contributed by atoms with Gasteiger partial charge in [-0.1, -0.05) is 0 Å². The zero-order valence-electron chi connectivity index (χ0n) is 5.78. The molecule has 0 N–H and O–H groups in total. The van der Waals surface area contributed by atoms with Crippen LogP contribution in [0.5, 0.6) is 0 Å². The number of likely N-dealkylation sites (tertiary alicyclic amines) is 1. The molecule has 0 aromatic rings. The van der Waals surface area contributed by atoms with Gasteiger partial charge in [0.25, 0.3) is 0 Å². The fourth-order valence-electron chi connectivity index (χ4n) is 2.34. The van der Waals surface area contributed by atoms with E-state index in [1.807, 2.05) is 11.9 Å². The van der Waals surface area contributed by atoms with Crippen molar-refractivity contribution in [2.45, 2.75) is 24.7 Å². The Balaban J connectivity index is 2.03. The summed E-state index contributed by atoms with van der Waals surface area (Å²) in [6.45, 7) is 0. The van der Waals surface area contributed by atoms with Gasteiger partial charge in [0.05, 0.1) is 18.1 Å². The maximum absolute atomic E-state index is 11.2. The molecule has 3 nitrogen and oxygen atoms in total. The molecule has 3 heteroatoms. The average molecular weight is 139 g/mol. The summed E-state index contributed by atoms with van der Waals surface area (Å²) < 4.78 is 5.32. The fourth-order valence-corrected chi connectivity index (χ4v) is 2.34. The molecule has 54 valence electrons. The Morgan fingerprint density at radius 2 is 2.40 bits per heavy atom. The van der Waals surface area contributed by atoms with Gasteiger partial charge in [-0.3, -0.25) is 4.79 Å². The van der Waals surface area contributed by atoms with E-state index in [9.17, 15) is 4.79 Å². The number of likely N-dealkylation sites (N-methyl/N-ethyl adjacent to an activating group) is 1. The van der Waals surface area contributed by atoms with Crippen LogP contribution in [0.4, 0.5) is 0 Å². The molecular weight excluding hydrogens is 130 g/mol. The molecular formula is C7H9NO2. The topological polar surface area (TPSA) is 32.8 Å². The molecule has 1 amide bonds. The highest BCUT2D eigenvalue weighted by Crippen LogP contribution is 2.50. The zero-order valence-corrected chi connectivity index (χ0v) is 5.78. The predicted molar refractivity (Wildman–Crippen MR) is 33.3 cm³/mol. The zero-order chi connectivity index (χ0) is 6.88. The van der Waals surface area contributed by atoms with Crippen molar-refractivity contribution in [3.8, 4) is 0 Å². The first-order valence-electron chi connectivity index (χ1n) is 3.71. The van der Waals surface area contributed by atoms with Crippen molar-refractivity contribution in [1.29, 1.82) is 0 Å². The van der Waals surface area contributed by atoms with Crippen molar-refractivity contribution >= 4 is 5.91 Å². The van der Waals surface area contributed by atoms with Gasteiger partial charge in [-0.05, 0) is 6.42 Å². The number of hydrogen-bond acceptors (Lipinski definition) is 2. The Kier molecular flexibility index (Phi) is 0.632. The summed E-state index contributed by atoms with van der Waals surface area (Å²) in [6.07, 6.45) is 1.77. The second kappa shape index (κ2) is 1.23. The summed E-state index contributed by atoms with van der Waals surface area (Å²) in [5, 5.41) is 0. The Morgan fingerprint density at radius 1 is 1.60 bits per heavy atom. The number of ether oxygens (including phenoxy) is 1. The highest BCUT2D eigenvalue weighted by atomic mass is 16.6. The lowest BCUT2D eigenvalue weighted by atomic mass is 10.1. The molecule has 2 aliphatic heterocycles. The predicted octanol–water partition coefficient (Wildman–Crippen LogP) is -0.386. The summed E-state index contributed by atoms with van der Waals surface area (Å²) in [7, 11) is 1.88. The van der Waals surface area contributed by atoms with Crippen molar-refractivity contribution in [2.75, 3.05) is 7.05 Å². The molecule has 0 spiro atoms. The van der Waals surface area contributed by atoms with Gasteiger partial charge < -0.3 is 9.64 Å². The Labute approximate surface area is 58.9 Å². The van der Waals surface area contributed by atoms with Crippen LogP contribution in [0, 0.1) is 5.92 Å². The number of piperidine rings is 1. The van der Waals surface area contributed by atoms with E-state index in [2.05, 4.69) is 0 Å². The van der Waals surface area contributed by atoms with Gasteiger partial charge in [-0.25, -0.2) is 0 Å². The molecule has 3 fully saturated rings. The van der Waals surface area contributed by atoms with Gasteiger partial charge in [0.1, 0.15) is 6.10 Å². The van der Waals surface area contributed by atoms with Crippen LogP contribution in [0.2, 0.25) is 0 Å². The standard InChI is InChI=1S/C7H9NO2/c1-8-4-2-3(7(8)9)5-6(4)10-5/h3-6H,2H2,1H3/t3-,4+,5?,6?/m0/s1. The fraction of sp³-hybridized carbons (Fsp3) is 0.857. The molecule has 10 heavy (non-hydrogen) atoms. The number of nitrogens with zero attached hydrogens (tertiary/aromatic N) is 1. The Hall–Kier alpha value is -0.570. The molecule has 0 aromatic heterocycles. The summed E-state index contributed by atoms with van der Waals surface area (Å²) in [6, 6.07) is 0.419. The lowest BCUT2D eigenvalue weighted by Gasteiger charge is -2.18. The molecule has 3 aliphatic rings. The van der Waals surface area contributed by atoms with Crippen LogP contribution in [-0.2, 0) is 9.53 Å². The normalized spacial score (nSPS) is 55.7. The quantitative estimate of drug-likeness (QED) is 0.428. The van der Waals surface area contributed by atoms with Gasteiger partial charge in [0.15, 0.2) is 0 Å². The van der Waals surface area contributed by atoms with E-state index in [-0.39, 0.29) is 5.92 Å². The van der Waals surface area contributed by atoms with Crippen molar-refractivity contribution in [3.63, 3.8) is 0 Å². The van der Waals surface area contributed by atoms with Gasteiger partial charge >= 0.3 is 0 Å². The van der Waals surface area contributed by atoms with E-state index in [4.69, 9.17) is 4.74 Å². The van der Waals surface area contributed by atoms with E-state index in [1.165, 1.54) is 0 Å². The Morgan fingerprint density at radius 3 is 3.00 bits per heavy atom. The summed E-state index contributed by atoms with van der Waals surface area (Å²) in [5.74, 6) is 0.517. The molecule has 2 unspecified atom stereocenters. The largest absolute Gasteiger partial charge is 0.366 e. The van der Waals surface area contributed by atoms with Gasteiger partial charge in [-0.15, -0.1) is 0 Å². The smallest absolute Gasteiger partial charge is 0.228 e. The van der Waals surface area contributed by atoms with Crippen LogP contribution < -0.4 is 0 Å². The minimum absolute atomic E-state index is 0.222. The third kappa shape index (κ3) is 0.355. The number of carbonyl (C=O) groups excluding carboxylic acids is 1. The number of hydrogen-bond donors (Lipinski definition) is 0. The minimum Gasteiger partial charge on any atom is -0.366 e. The molecule has 2 bridgehead atoms. The first kappa shape index (κ1) is 5.13. The maximum atomic E-state index is 11.2. The molecule has 2 saturated heterocycles. The van der Waals surface area contributed by atoms with Crippen LogP contribution in [0.1, 0.15) is 6.42 Å². The third-order valence-electron chi connectivity index (χ3n) is 2.99.